The fourth-order valence-electron chi connectivity index (χ4n) is 2.06. The topological polar surface area (TPSA) is 105 Å². The van der Waals surface area contributed by atoms with Gasteiger partial charge in [-0.1, -0.05) is 6.07 Å². The van der Waals surface area contributed by atoms with Crippen LogP contribution in [0, 0.1) is 0 Å². The van der Waals surface area contributed by atoms with Gasteiger partial charge in [0.05, 0.1) is 7.11 Å². The molecule has 1 fully saturated rings. The second-order valence-corrected chi connectivity index (χ2v) is 4.63. The van der Waals surface area contributed by atoms with E-state index in [1.807, 2.05) is 0 Å². The number of methoxy groups -OCH3 is 1. The van der Waals surface area contributed by atoms with Gasteiger partial charge in [0.1, 0.15) is 5.70 Å². The SMILES string of the molecule is CCN1C(=O)N/C(=C/c2ccc(OCC(=O)O)c(OC)c2)C1=O. The maximum absolute atomic E-state index is 12.0. The van der Waals surface area contributed by atoms with Crippen LogP contribution in [-0.2, 0) is 9.59 Å². The van der Waals surface area contributed by atoms with Crippen LogP contribution in [0.1, 0.15) is 12.5 Å². The van der Waals surface area contributed by atoms with Gasteiger partial charge in [0, 0.05) is 6.54 Å². The second kappa shape index (κ2) is 6.82. The number of nitrogens with zero attached hydrogens (tertiary/aromatic N) is 1. The first-order valence-electron chi connectivity index (χ1n) is 6.83. The van der Waals surface area contributed by atoms with E-state index >= 15 is 0 Å². The summed E-state index contributed by atoms with van der Waals surface area (Å²) in [6.45, 7) is 1.50. The highest BCUT2D eigenvalue weighted by atomic mass is 16.5. The van der Waals surface area contributed by atoms with Crippen LogP contribution in [0.3, 0.4) is 0 Å². The molecule has 122 valence electrons. The lowest BCUT2D eigenvalue weighted by Gasteiger charge is -2.10. The second-order valence-electron chi connectivity index (χ2n) is 4.63. The van der Waals surface area contributed by atoms with Crippen molar-refractivity contribution in [1.82, 2.24) is 10.2 Å². The molecule has 0 atom stereocenters. The van der Waals surface area contributed by atoms with Crippen LogP contribution in [0.2, 0.25) is 0 Å². The smallest absolute Gasteiger partial charge is 0.341 e. The van der Waals surface area contributed by atoms with Gasteiger partial charge in [-0.05, 0) is 30.7 Å². The van der Waals surface area contributed by atoms with Crippen LogP contribution < -0.4 is 14.8 Å². The third-order valence-corrected chi connectivity index (χ3v) is 3.13. The molecule has 23 heavy (non-hydrogen) atoms. The van der Waals surface area contributed by atoms with Crippen LogP contribution >= 0.6 is 0 Å². The van der Waals surface area contributed by atoms with E-state index in [0.29, 0.717) is 11.3 Å². The molecule has 0 radical (unpaired) electrons. The lowest BCUT2D eigenvalue weighted by Crippen LogP contribution is -2.30. The van der Waals surface area contributed by atoms with Gasteiger partial charge in [-0.2, -0.15) is 0 Å². The lowest BCUT2D eigenvalue weighted by molar-refractivity contribution is -0.139. The van der Waals surface area contributed by atoms with Gasteiger partial charge in [0.2, 0.25) is 0 Å². The van der Waals surface area contributed by atoms with Gasteiger partial charge in [0.25, 0.3) is 5.91 Å². The fraction of sp³-hybridized carbons (Fsp3) is 0.267. The number of ether oxygens (including phenoxy) is 2. The van der Waals surface area contributed by atoms with Gasteiger partial charge in [-0.3, -0.25) is 9.69 Å². The molecule has 0 unspecified atom stereocenters. The van der Waals surface area contributed by atoms with Crippen molar-refractivity contribution in [2.24, 2.45) is 0 Å². The number of carbonyl (C=O) groups excluding carboxylic acids is 2. The largest absolute Gasteiger partial charge is 0.493 e. The van der Waals surface area contributed by atoms with Crippen LogP contribution in [0.15, 0.2) is 23.9 Å². The van der Waals surface area contributed by atoms with Gasteiger partial charge < -0.3 is 19.9 Å². The number of hydrogen-bond donors (Lipinski definition) is 2. The van der Waals surface area contributed by atoms with Gasteiger partial charge in [-0.25, -0.2) is 9.59 Å². The number of rotatable bonds is 6. The van der Waals surface area contributed by atoms with Crippen molar-refractivity contribution in [2.75, 3.05) is 20.3 Å². The molecule has 1 aliphatic rings. The zero-order chi connectivity index (χ0) is 17.0. The fourth-order valence-corrected chi connectivity index (χ4v) is 2.06. The molecule has 2 N–H and O–H groups in total. The summed E-state index contributed by atoms with van der Waals surface area (Å²) in [5, 5.41) is 11.1. The monoisotopic (exact) mass is 320 g/mol. The number of urea groups is 1. The minimum atomic E-state index is -1.10. The Kier molecular flexibility index (Phi) is 4.85. The summed E-state index contributed by atoms with van der Waals surface area (Å²) < 4.78 is 10.2. The number of carbonyl (C=O) groups is 3. The van der Waals surface area contributed by atoms with Crippen molar-refractivity contribution in [3.63, 3.8) is 0 Å². The molecule has 1 aromatic rings. The maximum atomic E-state index is 12.0. The Bertz CT molecular complexity index is 683. The van der Waals surface area contributed by atoms with Crippen molar-refractivity contribution in [3.8, 4) is 11.5 Å². The van der Waals surface area contributed by atoms with Crippen molar-refractivity contribution >= 4 is 24.0 Å². The van der Waals surface area contributed by atoms with E-state index < -0.39 is 24.5 Å². The Morgan fingerprint density at radius 2 is 2.09 bits per heavy atom. The van der Waals surface area contributed by atoms with Crippen LogP contribution in [0.5, 0.6) is 11.5 Å². The summed E-state index contributed by atoms with van der Waals surface area (Å²) in [7, 11) is 1.42. The molecule has 1 heterocycles. The number of carboxylic acid groups (broad SMARTS) is 1. The molecule has 8 nitrogen and oxygen atoms in total. The zero-order valence-electron chi connectivity index (χ0n) is 12.7. The number of aliphatic carboxylic acids is 1. The van der Waals surface area contributed by atoms with Crippen molar-refractivity contribution in [2.45, 2.75) is 6.92 Å². The number of nitrogens with one attached hydrogen (secondary N) is 1. The standard InChI is InChI=1S/C15H16N2O6/c1-3-17-14(20)10(16-15(17)21)6-9-4-5-11(12(7-9)22-2)23-8-13(18)19/h4-7H,3,8H2,1-2H3,(H,16,21)(H,18,19)/b10-6+. The molecule has 0 aromatic heterocycles. The summed E-state index contributed by atoms with van der Waals surface area (Å²) in [5.74, 6) is -0.904. The predicted molar refractivity (Wildman–Crippen MR) is 80.0 cm³/mol. The lowest BCUT2D eigenvalue weighted by atomic mass is 10.1. The number of hydrogen-bond acceptors (Lipinski definition) is 5. The molecule has 8 heteroatoms. The number of benzene rings is 1. The molecular formula is C15H16N2O6. The molecule has 0 saturated carbocycles. The van der Waals surface area contributed by atoms with Gasteiger partial charge >= 0.3 is 12.0 Å². The number of imide groups is 1. The molecule has 1 aromatic carbocycles. The first kappa shape index (κ1) is 16.3. The van der Waals surface area contributed by atoms with Crippen LogP contribution in [-0.4, -0.2) is 48.2 Å². The highest BCUT2D eigenvalue weighted by molar-refractivity contribution is 6.13. The van der Waals surface area contributed by atoms with E-state index in [2.05, 4.69) is 5.32 Å². The first-order chi connectivity index (χ1) is 11.0. The van der Waals surface area contributed by atoms with E-state index in [9.17, 15) is 14.4 Å². The van der Waals surface area contributed by atoms with Crippen molar-refractivity contribution in [3.05, 3.63) is 29.5 Å². The van der Waals surface area contributed by atoms with Crippen LogP contribution in [0.25, 0.3) is 6.08 Å². The Morgan fingerprint density at radius 3 is 2.65 bits per heavy atom. The Hall–Kier alpha value is -3.03. The van der Waals surface area contributed by atoms with E-state index in [0.717, 1.165) is 4.90 Å². The van der Waals surface area contributed by atoms with E-state index in [4.69, 9.17) is 14.6 Å². The number of carboxylic acids is 1. The minimum Gasteiger partial charge on any atom is -0.493 e. The third kappa shape index (κ3) is 3.60. The molecule has 0 spiro atoms. The van der Waals surface area contributed by atoms with Crippen molar-refractivity contribution < 1.29 is 29.0 Å². The normalized spacial score (nSPS) is 15.7. The molecular weight excluding hydrogens is 304 g/mol. The highest BCUT2D eigenvalue weighted by Crippen LogP contribution is 2.29. The molecule has 1 aliphatic heterocycles. The Morgan fingerprint density at radius 1 is 1.35 bits per heavy atom. The summed E-state index contributed by atoms with van der Waals surface area (Å²) in [5.41, 5.74) is 0.768. The summed E-state index contributed by atoms with van der Waals surface area (Å²) in [6, 6.07) is 4.28. The highest BCUT2D eigenvalue weighted by Gasteiger charge is 2.31. The van der Waals surface area contributed by atoms with Crippen LogP contribution in [0.4, 0.5) is 4.79 Å². The molecule has 0 aliphatic carbocycles. The maximum Gasteiger partial charge on any atom is 0.341 e. The minimum absolute atomic E-state index is 0.165. The summed E-state index contributed by atoms with van der Waals surface area (Å²) in [6.07, 6.45) is 1.51. The average molecular weight is 320 g/mol. The quantitative estimate of drug-likeness (QED) is 0.600. The Labute approximate surface area is 132 Å². The average Bonchev–Trinajstić information content (AvgIpc) is 2.79. The molecule has 2 rings (SSSR count). The zero-order valence-corrected chi connectivity index (χ0v) is 12.7. The van der Waals surface area contributed by atoms with E-state index in [-0.39, 0.29) is 18.0 Å². The molecule has 3 amide bonds. The molecule has 0 bridgehead atoms. The van der Waals surface area contributed by atoms with Crippen molar-refractivity contribution in [1.29, 1.82) is 0 Å². The van der Waals surface area contributed by atoms with E-state index in [1.165, 1.54) is 19.3 Å². The van der Waals surface area contributed by atoms with E-state index in [1.54, 1.807) is 19.1 Å². The van der Waals surface area contributed by atoms with Gasteiger partial charge in [-0.15, -0.1) is 0 Å². The third-order valence-electron chi connectivity index (χ3n) is 3.13. The number of likely N-dealkylation sites (N-methyl/N-ethyl adjacent to an activating group) is 1. The first-order valence-corrected chi connectivity index (χ1v) is 6.83. The number of amides is 3. The summed E-state index contributed by atoms with van der Waals surface area (Å²) in [4.78, 5) is 35.2. The molecule has 1 saturated heterocycles. The summed E-state index contributed by atoms with van der Waals surface area (Å²) >= 11 is 0. The Balaban J connectivity index is 2.24. The predicted octanol–water partition coefficient (Wildman–Crippen LogP) is 1.07. The van der Waals surface area contributed by atoms with Gasteiger partial charge in [0.15, 0.2) is 18.1 Å².